The van der Waals surface area contributed by atoms with Crippen LogP contribution >= 0.6 is 0 Å². The Balaban J connectivity index is 2.29. The van der Waals surface area contributed by atoms with Crippen LogP contribution in [0.2, 0.25) is 0 Å². The highest BCUT2D eigenvalue weighted by atomic mass is 16.5. The van der Waals surface area contributed by atoms with Crippen molar-refractivity contribution in [2.24, 2.45) is 5.73 Å². The number of carbonyl (C=O) groups is 1. The maximum Gasteiger partial charge on any atom is 0.222 e. The molecule has 1 saturated heterocycles. The van der Waals surface area contributed by atoms with Crippen molar-refractivity contribution >= 4 is 5.91 Å². The van der Waals surface area contributed by atoms with Crippen molar-refractivity contribution in [1.29, 1.82) is 0 Å². The molecule has 4 heteroatoms. The average molecular weight is 214 g/mol. The van der Waals surface area contributed by atoms with E-state index in [4.69, 9.17) is 10.5 Å². The second-order valence-electron chi connectivity index (χ2n) is 3.96. The zero-order valence-electron chi connectivity index (χ0n) is 9.58. The summed E-state index contributed by atoms with van der Waals surface area (Å²) in [5.41, 5.74) is 5.39. The van der Waals surface area contributed by atoms with Crippen LogP contribution in [0.1, 0.15) is 32.6 Å². The van der Waals surface area contributed by atoms with Crippen molar-refractivity contribution in [2.75, 3.05) is 26.2 Å². The summed E-state index contributed by atoms with van der Waals surface area (Å²) in [4.78, 5) is 13.6. The molecule has 0 saturated carbocycles. The van der Waals surface area contributed by atoms with Gasteiger partial charge in [-0.25, -0.2) is 0 Å². The monoisotopic (exact) mass is 214 g/mol. The van der Waals surface area contributed by atoms with Gasteiger partial charge >= 0.3 is 0 Å². The third kappa shape index (κ3) is 4.18. The number of nitrogens with zero attached hydrogens (tertiary/aromatic N) is 1. The number of hydrogen-bond donors (Lipinski definition) is 1. The highest BCUT2D eigenvalue weighted by Crippen LogP contribution is 2.13. The lowest BCUT2D eigenvalue weighted by Gasteiger charge is -2.23. The topological polar surface area (TPSA) is 55.6 Å². The largest absolute Gasteiger partial charge is 0.376 e. The standard InChI is InChI=1S/C11H22N2O2/c1-2-13(11(14)6-3-7-12)9-10-5-4-8-15-10/h10H,2-9,12H2,1H3. The third-order valence-corrected chi connectivity index (χ3v) is 2.78. The average Bonchev–Trinajstić information content (AvgIpc) is 2.75. The first-order valence-corrected chi connectivity index (χ1v) is 5.87. The first kappa shape index (κ1) is 12.5. The number of nitrogens with two attached hydrogens (primary N) is 1. The van der Waals surface area contributed by atoms with E-state index in [-0.39, 0.29) is 12.0 Å². The van der Waals surface area contributed by atoms with Gasteiger partial charge in [0.1, 0.15) is 0 Å². The molecule has 0 aromatic carbocycles. The number of hydrogen-bond acceptors (Lipinski definition) is 3. The van der Waals surface area contributed by atoms with Gasteiger partial charge in [-0.15, -0.1) is 0 Å². The van der Waals surface area contributed by atoms with Gasteiger partial charge in [0, 0.05) is 26.1 Å². The van der Waals surface area contributed by atoms with E-state index < -0.39 is 0 Å². The Morgan fingerprint density at radius 2 is 2.40 bits per heavy atom. The Hall–Kier alpha value is -0.610. The second kappa shape index (κ2) is 6.80. The molecule has 15 heavy (non-hydrogen) atoms. The van der Waals surface area contributed by atoms with Crippen molar-refractivity contribution in [2.45, 2.75) is 38.7 Å². The van der Waals surface area contributed by atoms with Crippen LogP contribution in [0.15, 0.2) is 0 Å². The Morgan fingerprint density at radius 3 is 2.93 bits per heavy atom. The van der Waals surface area contributed by atoms with E-state index in [0.29, 0.717) is 13.0 Å². The van der Waals surface area contributed by atoms with Gasteiger partial charge in [0.25, 0.3) is 0 Å². The van der Waals surface area contributed by atoms with Gasteiger partial charge in [-0.3, -0.25) is 4.79 Å². The summed E-state index contributed by atoms with van der Waals surface area (Å²) < 4.78 is 5.52. The summed E-state index contributed by atoms with van der Waals surface area (Å²) in [6, 6.07) is 0. The van der Waals surface area contributed by atoms with E-state index in [0.717, 1.165) is 39.0 Å². The highest BCUT2D eigenvalue weighted by molar-refractivity contribution is 5.76. The molecule has 1 rings (SSSR count). The SMILES string of the molecule is CCN(CC1CCCO1)C(=O)CCCN. The van der Waals surface area contributed by atoms with Gasteiger partial charge in [-0.1, -0.05) is 0 Å². The summed E-state index contributed by atoms with van der Waals surface area (Å²) in [6.45, 7) is 4.96. The Bertz CT molecular complexity index is 191. The van der Waals surface area contributed by atoms with Crippen LogP contribution in [-0.2, 0) is 9.53 Å². The molecule has 0 aromatic rings. The van der Waals surface area contributed by atoms with Crippen LogP contribution in [0.4, 0.5) is 0 Å². The van der Waals surface area contributed by atoms with Crippen LogP contribution < -0.4 is 5.73 Å². The second-order valence-corrected chi connectivity index (χ2v) is 3.96. The minimum absolute atomic E-state index is 0.207. The van der Waals surface area contributed by atoms with Crippen LogP contribution in [0.3, 0.4) is 0 Å². The van der Waals surface area contributed by atoms with E-state index in [1.54, 1.807) is 0 Å². The molecule has 1 fully saturated rings. The van der Waals surface area contributed by atoms with E-state index >= 15 is 0 Å². The van der Waals surface area contributed by atoms with E-state index in [2.05, 4.69) is 0 Å². The van der Waals surface area contributed by atoms with Crippen LogP contribution in [0.25, 0.3) is 0 Å². The first-order chi connectivity index (χ1) is 7.27. The van der Waals surface area contributed by atoms with Crippen molar-refractivity contribution < 1.29 is 9.53 Å². The fourth-order valence-electron chi connectivity index (χ4n) is 1.85. The summed E-state index contributed by atoms with van der Waals surface area (Å²) in [7, 11) is 0. The van der Waals surface area contributed by atoms with Gasteiger partial charge in [0.2, 0.25) is 5.91 Å². The van der Waals surface area contributed by atoms with E-state index in [1.165, 1.54) is 0 Å². The van der Waals surface area contributed by atoms with Crippen LogP contribution in [-0.4, -0.2) is 43.2 Å². The van der Waals surface area contributed by atoms with Crippen molar-refractivity contribution in [1.82, 2.24) is 4.90 Å². The molecule has 0 spiro atoms. The van der Waals surface area contributed by atoms with E-state index in [9.17, 15) is 4.79 Å². The lowest BCUT2D eigenvalue weighted by molar-refractivity contribution is -0.132. The number of ether oxygens (including phenoxy) is 1. The molecule has 1 atom stereocenters. The Morgan fingerprint density at radius 1 is 1.60 bits per heavy atom. The predicted molar refractivity (Wildman–Crippen MR) is 59.5 cm³/mol. The molecule has 1 heterocycles. The fraction of sp³-hybridized carbons (Fsp3) is 0.909. The lowest BCUT2D eigenvalue weighted by atomic mass is 10.2. The zero-order chi connectivity index (χ0) is 11.1. The molecule has 0 aliphatic carbocycles. The lowest BCUT2D eigenvalue weighted by Crippen LogP contribution is -2.37. The van der Waals surface area contributed by atoms with Gasteiger partial charge < -0.3 is 15.4 Å². The molecule has 1 aliphatic heterocycles. The number of likely N-dealkylation sites (N-methyl/N-ethyl adjacent to an activating group) is 1. The van der Waals surface area contributed by atoms with Crippen molar-refractivity contribution in [3.05, 3.63) is 0 Å². The molecular formula is C11H22N2O2. The van der Waals surface area contributed by atoms with Crippen molar-refractivity contribution in [3.8, 4) is 0 Å². The molecular weight excluding hydrogens is 192 g/mol. The quantitative estimate of drug-likeness (QED) is 0.710. The molecule has 0 aromatic heterocycles. The zero-order valence-corrected chi connectivity index (χ0v) is 9.58. The minimum atomic E-state index is 0.207. The molecule has 2 N–H and O–H groups in total. The molecule has 0 bridgehead atoms. The van der Waals surface area contributed by atoms with E-state index in [1.807, 2.05) is 11.8 Å². The molecule has 88 valence electrons. The van der Waals surface area contributed by atoms with Gasteiger partial charge in [0.05, 0.1) is 6.10 Å². The minimum Gasteiger partial charge on any atom is -0.376 e. The van der Waals surface area contributed by atoms with Crippen LogP contribution in [0.5, 0.6) is 0 Å². The third-order valence-electron chi connectivity index (χ3n) is 2.78. The Labute approximate surface area is 91.8 Å². The summed E-state index contributed by atoms with van der Waals surface area (Å²) >= 11 is 0. The van der Waals surface area contributed by atoms with Gasteiger partial charge in [-0.2, -0.15) is 0 Å². The molecule has 0 radical (unpaired) electrons. The highest BCUT2D eigenvalue weighted by Gasteiger charge is 2.20. The smallest absolute Gasteiger partial charge is 0.222 e. The fourth-order valence-corrected chi connectivity index (χ4v) is 1.85. The predicted octanol–water partition coefficient (Wildman–Crippen LogP) is 0.753. The van der Waals surface area contributed by atoms with Crippen LogP contribution in [0, 0.1) is 0 Å². The maximum absolute atomic E-state index is 11.7. The molecule has 1 amide bonds. The van der Waals surface area contributed by atoms with Crippen molar-refractivity contribution in [3.63, 3.8) is 0 Å². The number of carbonyl (C=O) groups excluding carboxylic acids is 1. The first-order valence-electron chi connectivity index (χ1n) is 5.87. The van der Waals surface area contributed by atoms with Gasteiger partial charge in [0.15, 0.2) is 0 Å². The molecule has 4 nitrogen and oxygen atoms in total. The number of amides is 1. The number of rotatable bonds is 6. The summed E-state index contributed by atoms with van der Waals surface area (Å²) in [5.74, 6) is 0.207. The molecule has 1 aliphatic rings. The summed E-state index contributed by atoms with van der Waals surface area (Å²) in [5, 5.41) is 0. The van der Waals surface area contributed by atoms with Gasteiger partial charge in [-0.05, 0) is 32.7 Å². The normalized spacial score (nSPS) is 20.5. The Kier molecular flexibility index (Phi) is 5.65. The molecule has 1 unspecified atom stereocenters. The summed E-state index contributed by atoms with van der Waals surface area (Å²) in [6.07, 6.45) is 3.81. The maximum atomic E-state index is 11.7.